The molecule has 2 atom stereocenters. The third-order valence-corrected chi connectivity index (χ3v) is 5.88. The summed E-state index contributed by atoms with van der Waals surface area (Å²) in [4.78, 5) is 0. The van der Waals surface area contributed by atoms with Crippen LogP contribution in [0.2, 0.25) is 0 Å². The lowest BCUT2D eigenvalue weighted by Crippen LogP contribution is -2.56. The minimum absolute atomic E-state index is 0.0541. The average molecular weight is 277 g/mol. The Labute approximate surface area is 109 Å². The van der Waals surface area contributed by atoms with Gasteiger partial charge in [0.05, 0.1) is 13.2 Å². The highest BCUT2D eigenvalue weighted by Gasteiger charge is 2.38. The second-order valence-corrected chi connectivity index (χ2v) is 7.03. The molecule has 0 spiro atoms. The van der Waals surface area contributed by atoms with E-state index in [-0.39, 0.29) is 6.04 Å². The molecule has 2 unspecified atom stereocenters. The molecule has 106 valence electrons. The van der Waals surface area contributed by atoms with Crippen LogP contribution in [-0.4, -0.2) is 62.5 Å². The Balaban J connectivity index is 2.12. The standard InChI is InChI=1S/C11H23N3O3S/c1-10-2-3-14(11(8-10)9-12)18(15,16)13-4-6-17-7-5-13/h10-11H,2-9,12H2,1H3. The SMILES string of the molecule is CC1CCN(S(=O)(=O)N2CCOCC2)C(CN)C1. The van der Waals surface area contributed by atoms with E-state index in [0.29, 0.717) is 45.3 Å². The van der Waals surface area contributed by atoms with E-state index in [9.17, 15) is 8.42 Å². The molecule has 0 aliphatic carbocycles. The first-order valence-corrected chi connectivity index (χ1v) is 8.00. The first-order valence-electron chi connectivity index (χ1n) is 6.60. The smallest absolute Gasteiger partial charge is 0.282 e. The normalized spacial score (nSPS) is 32.6. The fourth-order valence-corrected chi connectivity index (χ4v) is 4.47. The highest BCUT2D eigenvalue weighted by molar-refractivity contribution is 7.86. The van der Waals surface area contributed by atoms with Gasteiger partial charge < -0.3 is 10.5 Å². The number of piperidine rings is 1. The summed E-state index contributed by atoms with van der Waals surface area (Å²) in [5.74, 6) is 0.551. The molecule has 2 heterocycles. The fraction of sp³-hybridized carbons (Fsp3) is 1.00. The summed E-state index contributed by atoms with van der Waals surface area (Å²) in [5, 5.41) is 0. The van der Waals surface area contributed by atoms with E-state index in [0.717, 1.165) is 12.8 Å². The highest BCUT2D eigenvalue weighted by atomic mass is 32.2. The highest BCUT2D eigenvalue weighted by Crippen LogP contribution is 2.26. The predicted molar refractivity (Wildman–Crippen MR) is 69.3 cm³/mol. The monoisotopic (exact) mass is 277 g/mol. The van der Waals surface area contributed by atoms with Crippen molar-refractivity contribution >= 4 is 10.2 Å². The Morgan fingerprint density at radius 2 is 1.94 bits per heavy atom. The Kier molecular flexibility index (Phi) is 4.60. The molecule has 7 heteroatoms. The van der Waals surface area contributed by atoms with Gasteiger partial charge in [0.1, 0.15) is 0 Å². The number of hydrogen-bond donors (Lipinski definition) is 1. The summed E-state index contributed by atoms with van der Waals surface area (Å²) < 4.78 is 33.4. The third-order valence-electron chi connectivity index (χ3n) is 3.79. The molecule has 2 rings (SSSR count). The van der Waals surface area contributed by atoms with Crippen molar-refractivity contribution in [2.75, 3.05) is 39.4 Å². The van der Waals surface area contributed by atoms with Crippen LogP contribution in [-0.2, 0) is 14.9 Å². The second kappa shape index (κ2) is 5.83. The van der Waals surface area contributed by atoms with Gasteiger partial charge in [-0.25, -0.2) is 0 Å². The van der Waals surface area contributed by atoms with Gasteiger partial charge >= 0.3 is 0 Å². The van der Waals surface area contributed by atoms with Crippen LogP contribution in [0.3, 0.4) is 0 Å². The van der Waals surface area contributed by atoms with E-state index in [1.54, 1.807) is 4.31 Å². The van der Waals surface area contributed by atoms with Crippen LogP contribution in [0.5, 0.6) is 0 Å². The van der Waals surface area contributed by atoms with Crippen LogP contribution in [0, 0.1) is 5.92 Å². The summed E-state index contributed by atoms with van der Waals surface area (Å²) in [6.45, 7) is 5.00. The van der Waals surface area contributed by atoms with Crippen LogP contribution < -0.4 is 5.73 Å². The van der Waals surface area contributed by atoms with Gasteiger partial charge in [0.2, 0.25) is 0 Å². The Hall–Kier alpha value is -0.210. The molecule has 18 heavy (non-hydrogen) atoms. The van der Waals surface area contributed by atoms with E-state index in [1.165, 1.54) is 4.31 Å². The maximum absolute atomic E-state index is 12.6. The molecule has 0 aromatic rings. The quantitative estimate of drug-likeness (QED) is 0.763. The van der Waals surface area contributed by atoms with Crippen molar-refractivity contribution in [3.8, 4) is 0 Å². The summed E-state index contributed by atoms with van der Waals surface area (Å²) in [5.41, 5.74) is 5.73. The summed E-state index contributed by atoms with van der Waals surface area (Å²) in [6.07, 6.45) is 1.78. The lowest BCUT2D eigenvalue weighted by molar-refractivity contribution is 0.0675. The summed E-state index contributed by atoms with van der Waals surface area (Å²) in [7, 11) is -3.36. The molecular weight excluding hydrogens is 254 g/mol. The first-order chi connectivity index (χ1) is 8.55. The minimum atomic E-state index is -3.36. The Bertz CT molecular complexity index is 368. The lowest BCUT2D eigenvalue weighted by atomic mass is 9.94. The number of hydrogen-bond acceptors (Lipinski definition) is 4. The molecule has 0 saturated carbocycles. The fourth-order valence-electron chi connectivity index (χ4n) is 2.67. The van der Waals surface area contributed by atoms with Crippen LogP contribution >= 0.6 is 0 Å². The van der Waals surface area contributed by atoms with E-state index in [4.69, 9.17) is 10.5 Å². The average Bonchev–Trinajstić information content (AvgIpc) is 2.39. The van der Waals surface area contributed by atoms with Gasteiger partial charge in [0.25, 0.3) is 10.2 Å². The van der Waals surface area contributed by atoms with E-state index in [1.807, 2.05) is 0 Å². The molecule has 6 nitrogen and oxygen atoms in total. The topological polar surface area (TPSA) is 75.9 Å². The van der Waals surface area contributed by atoms with Gasteiger partial charge in [-0.15, -0.1) is 0 Å². The maximum Gasteiger partial charge on any atom is 0.282 e. The van der Waals surface area contributed by atoms with Crippen molar-refractivity contribution in [2.45, 2.75) is 25.8 Å². The molecule has 0 radical (unpaired) electrons. The van der Waals surface area contributed by atoms with Crippen LogP contribution in [0.1, 0.15) is 19.8 Å². The van der Waals surface area contributed by atoms with Crippen molar-refractivity contribution in [3.63, 3.8) is 0 Å². The molecule has 2 aliphatic heterocycles. The zero-order chi connectivity index (χ0) is 13.2. The largest absolute Gasteiger partial charge is 0.379 e. The Morgan fingerprint density at radius 1 is 1.28 bits per heavy atom. The van der Waals surface area contributed by atoms with Gasteiger partial charge in [-0.1, -0.05) is 6.92 Å². The van der Waals surface area contributed by atoms with Crippen molar-refractivity contribution in [1.82, 2.24) is 8.61 Å². The van der Waals surface area contributed by atoms with Crippen LogP contribution in [0.4, 0.5) is 0 Å². The van der Waals surface area contributed by atoms with Crippen molar-refractivity contribution in [3.05, 3.63) is 0 Å². The van der Waals surface area contributed by atoms with Crippen LogP contribution in [0.15, 0.2) is 0 Å². The number of rotatable bonds is 3. The van der Waals surface area contributed by atoms with Gasteiger partial charge in [0.15, 0.2) is 0 Å². The van der Waals surface area contributed by atoms with Crippen molar-refractivity contribution in [1.29, 1.82) is 0 Å². The zero-order valence-corrected chi connectivity index (χ0v) is 11.7. The van der Waals surface area contributed by atoms with Crippen molar-refractivity contribution < 1.29 is 13.2 Å². The van der Waals surface area contributed by atoms with E-state index in [2.05, 4.69) is 6.92 Å². The molecule has 0 amide bonds. The maximum atomic E-state index is 12.6. The molecule has 0 aromatic heterocycles. The number of nitrogens with zero attached hydrogens (tertiary/aromatic N) is 2. The number of nitrogens with two attached hydrogens (primary N) is 1. The van der Waals surface area contributed by atoms with E-state index >= 15 is 0 Å². The molecular formula is C11H23N3O3S. The summed E-state index contributed by atoms with van der Waals surface area (Å²) >= 11 is 0. The molecule has 2 aliphatic rings. The molecule has 2 fully saturated rings. The van der Waals surface area contributed by atoms with Gasteiger partial charge in [0, 0.05) is 32.2 Å². The van der Waals surface area contributed by atoms with Gasteiger partial charge in [-0.2, -0.15) is 17.0 Å². The number of ether oxygens (including phenoxy) is 1. The molecule has 2 saturated heterocycles. The second-order valence-electron chi connectivity index (χ2n) is 5.15. The molecule has 0 aromatic carbocycles. The van der Waals surface area contributed by atoms with Crippen molar-refractivity contribution in [2.24, 2.45) is 11.7 Å². The lowest BCUT2D eigenvalue weighted by Gasteiger charge is -2.40. The zero-order valence-electron chi connectivity index (χ0n) is 10.9. The molecule has 2 N–H and O–H groups in total. The van der Waals surface area contributed by atoms with Gasteiger partial charge in [-0.05, 0) is 18.8 Å². The summed E-state index contributed by atoms with van der Waals surface area (Å²) in [6, 6.07) is -0.0541. The predicted octanol–water partition coefficient (Wildman–Crippen LogP) is -0.377. The number of morpholine rings is 1. The Morgan fingerprint density at radius 3 is 2.56 bits per heavy atom. The van der Waals surface area contributed by atoms with Gasteiger partial charge in [-0.3, -0.25) is 0 Å². The van der Waals surface area contributed by atoms with Crippen LogP contribution in [0.25, 0.3) is 0 Å². The van der Waals surface area contributed by atoms with E-state index < -0.39 is 10.2 Å². The first kappa shape index (κ1) is 14.2. The minimum Gasteiger partial charge on any atom is -0.379 e. The molecule has 0 bridgehead atoms. The third kappa shape index (κ3) is 2.85.